The number of hydrogen-bond donors (Lipinski definition) is 1. The molecule has 0 saturated carbocycles. The van der Waals surface area contributed by atoms with E-state index in [4.69, 9.17) is 5.26 Å². The Labute approximate surface area is 69.6 Å². The number of amides is 1. The normalized spacial score (nSPS) is 19.6. The summed E-state index contributed by atoms with van der Waals surface area (Å²) >= 11 is 0. The molecule has 2 rings (SSSR count). The van der Waals surface area contributed by atoms with Crippen LogP contribution in [0, 0.1) is 11.3 Å². The first-order chi connectivity index (χ1) is 5.83. The van der Waals surface area contributed by atoms with E-state index in [1.165, 1.54) is 0 Å². The molecule has 0 saturated heterocycles. The molecule has 58 valence electrons. The number of anilines is 1. The van der Waals surface area contributed by atoms with Gasteiger partial charge in [-0.2, -0.15) is 5.26 Å². The fourth-order valence-electron chi connectivity index (χ4n) is 1.34. The first-order valence-electron chi connectivity index (χ1n) is 3.62. The van der Waals surface area contributed by atoms with Crippen LogP contribution in [0.15, 0.2) is 24.3 Å². The van der Waals surface area contributed by atoms with E-state index in [1.807, 2.05) is 18.2 Å². The van der Waals surface area contributed by atoms with E-state index in [9.17, 15) is 4.79 Å². The maximum Gasteiger partial charge on any atom is 0.246 e. The largest absolute Gasteiger partial charge is 0.324 e. The van der Waals surface area contributed by atoms with Crippen molar-refractivity contribution in [3.8, 4) is 6.07 Å². The first kappa shape index (κ1) is 6.86. The minimum absolute atomic E-state index is 0.223. The maximum absolute atomic E-state index is 11.1. The third-order valence-electron chi connectivity index (χ3n) is 1.92. The van der Waals surface area contributed by atoms with Gasteiger partial charge in [-0.05, 0) is 6.07 Å². The zero-order valence-corrected chi connectivity index (χ0v) is 6.24. The van der Waals surface area contributed by atoms with Crippen molar-refractivity contribution in [2.75, 3.05) is 5.32 Å². The summed E-state index contributed by atoms with van der Waals surface area (Å²) in [7, 11) is 0. The van der Waals surface area contributed by atoms with Crippen LogP contribution in [0.2, 0.25) is 0 Å². The van der Waals surface area contributed by atoms with Crippen LogP contribution in [-0.2, 0) is 4.79 Å². The van der Waals surface area contributed by atoms with Crippen LogP contribution in [-0.4, -0.2) is 5.91 Å². The van der Waals surface area contributed by atoms with Crippen molar-refractivity contribution in [2.45, 2.75) is 5.92 Å². The zero-order chi connectivity index (χ0) is 8.55. The van der Waals surface area contributed by atoms with Gasteiger partial charge in [0.15, 0.2) is 5.92 Å². The van der Waals surface area contributed by atoms with E-state index in [2.05, 4.69) is 5.32 Å². The van der Waals surface area contributed by atoms with Crippen molar-refractivity contribution in [3.63, 3.8) is 0 Å². The number of hydrogen-bond acceptors (Lipinski definition) is 2. The van der Waals surface area contributed by atoms with Gasteiger partial charge >= 0.3 is 0 Å². The molecule has 0 unspecified atom stereocenters. The molecule has 0 radical (unpaired) electrons. The van der Waals surface area contributed by atoms with E-state index < -0.39 is 5.92 Å². The Balaban J connectivity index is 2.56. The van der Waals surface area contributed by atoms with Crippen LogP contribution in [0.25, 0.3) is 0 Å². The van der Waals surface area contributed by atoms with Gasteiger partial charge in [-0.3, -0.25) is 4.79 Å². The van der Waals surface area contributed by atoms with Crippen LogP contribution >= 0.6 is 0 Å². The fourth-order valence-corrected chi connectivity index (χ4v) is 1.34. The van der Waals surface area contributed by atoms with Gasteiger partial charge in [0.25, 0.3) is 0 Å². The molecular weight excluding hydrogens is 152 g/mol. The molecule has 0 aliphatic carbocycles. The lowest BCUT2D eigenvalue weighted by Crippen LogP contribution is -2.09. The molecule has 1 aromatic carbocycles. The Kier molecular flexibility index (Phi) is 1.34. The van der Waals surface area contributed by atoms with Gasteiger partial charge in [0.1, 0.15) is 0 Å². The molecule has 0 spiro atoms. The summed E-state index contributed by atoms with van der Waals surface area (Å²) in [6, 6.07) is 9.20. The van der Waals surface area contributed by atoms with Crippen molar-refractivity contribution in [3.05, 3.63) is 29.8 Å². The molecule has 0 bridgehead atoms. The van der Waals surface area contributed by atoms with Gasteiger partial charge in [-0.25, -0.2) is 0 Å². The molecule has 0 fully saturated rings. The molecule has 1 amide bonds. The lowest BCUT2D eigenvalue weighted by atomic mass is 10.0. The molecule has 1 aliphatic heterocycles. The van der Waals surface area contributed by atoms with Crippen molar-refractivity contribution < 1.29 is 4.79 Å². The molecule has 0 aromatic heterocycles. The van der Waals surface area contributed by atoms with Crippen LogP contribution in [0.3, 0.4) is 0 Å². The molecule has 1 heterocycles. The predicted molar refractivity (Wildman–Crippen MR) is 43.4 cm³/mol. The lowest BCUT2D eigenvalue weighted by Gasteiger charge is -1.95. The number of fused-ring (bicyclic) bond motifs is 1. The highest BCUT2D eigenvalue weighted by Crippen LogP contribution is 2.30. The van der Waals surface area contributed by atoms with Gasteiger partial charge in [0.05, 0.1) is 6.07 Å². The SMILES string of the molecule is N#C[C@H]1C(=O)Nc2ccccc21. The minimum atomic E-state index is -0.624. The summed E-state index contributed by atoms with van der Waals surface area (Å²) in [5.74, 6) is -0.847. The van der Waals surface area contributed by atoms with Gasteiger partial charge in [0.2, 0.25) is 5.91 Å². The zero-order valence-electron chi connectivity index (χ0n) is 6.24. The average Bonchev–Trinajstić information content (AvgIpc) is 2.40. The number of nitrogens with zero attached hydrogens (tertiary/aromatic N) is 1. The second-order valence-electron chi connectivity index (χ2n) is 2.64. The summed E-state index contributed by atoms with van der Waals surface area (Å²) in [6.07, 6.45) is 0. The van der Waals surface area contributed by atoms with Gasteiger partial charge in [0, 0.05) is 11.3 Å². The van der Waals surface area contributed by atoms with Crippen molar-refractivity contribution in [1.82, 2.24) is 0 Å². The monoisotopic (exact) mass is 158 g/mol. The number of nitrogens with one attached hydrogen (secondary N) is 1. The Bertz CT molecular complexity index is 378. The Morgan fingerprint density at radius 3 is 2.92 bits per heavy atom. The van der Waals surface area contributed by atoms with Crippen molar-refractivity contribution in [1.29, 1.82) is 5.26 Å². The summed E-state index contributed by atoms with van der Waals surface area (Å²) in [6.45, 7) is 0. The van der Waals surface area contributed by atoms with Gasteiger partial charge in [-0.1, -0.05) is 18.2 Å². The molecule has 12 heavy (non-hydrogen) atoms. The Morgan fingerprint density at radius 1 is 1.42 bits per heavy atom. The van der Waals surface area contributed by atoms with Crippen LogP contribution in [0.1, 0.15) is 11.5 Å². The van der Waals surface area contributed by atoms with Gasteiger partial charge < -0.3 is 5.32 Å². The van der Waals surface area contributed by atoms with E-state index in [0.29, 0.717) is 0 Å². The highest BCUT2D eigenvalue weighted by atomic mass is 16.2. The first-order valence-corrected chi connectivity index (χ1v) is 3.62. The molecule has 1 aliphatic rings. The smallest absolute Gasteiger partial charge is 0.246 e. The number of para-hydroxylation sites is 1. The summed E-state index contributed by atoms with van der Waals surface area (Å²) in [5, 5.41) is 11.3. The molecule has 3 nitrogen and oxygen atoms in total. The second-order valence-corrected chi connectivity index (χ2v) is 2.64. The van der Waals surface area contributed by atoms with Crippen molar-refractivity contribution >= 4 is 11.6 Å². The number of rotatable bonds is 0. The molecule has 1 atom stereocenters. The summed E-state index contributed by atoms with van der Waals surface area (Å²) in [5.41, 5.74) is 1.54. The van der Waals surface area contributed by atoms with E-state index in [-0.39, 0.29) is 5.91 Å². The third-order valence-corrected chi connectivity index (χ3v) is 1.92. The highest BCUT2D eigenvalue weighted by Gasteiger charge is 2.29. The van der Waals surface area contributed by atoms with Crippen LogP contribution < -0.4 is 5.32 Å². The fraction of sp³-hybridized carbons (Fsp3) is 0.111. The molecule has 1 N–H and O–H groups in total. The molecule has 3 heteroatoms. The number of nitriles is 1. The number of benzene rings is 1. The standard InChI is InChI=1S/C9H6N2O/c10-5-7-6-3-1-2-4-8(6)11-9(7)12/h1-4,7H,(H,11,12)/t7-/m1/s1. The van der Waals surface area contributed by atoms with E-state index >= 15 is 0 Å². The predicted octanol–water partition coefficient (Wildman–Crippen LogP) is 1.25. The maximum atomic E-state index is 11.1. The Hall–Kier alpha value is -1.82. The lowest BCUT2D eigenvalue weighted by molar-refractivity contribution is -0.115. The second kappa shape index (κ2) is 2.35. The highest BCUT2D eigenvalue weighted by molar-refractivity contribution is 6.04. The number of carbonyl (C=O) groups is 1. The summed E-state index contributed by atoms with van der Waals surface area (Å²) < 4.78 is 0. The van der Waals surface area contributed by atoms with Crippen LogP contribution in [0.5, 0.6) is 0 Å². The van der Waals surface area contributed by atoms with Gasteiger partial charge in [-0.15, -0.1) is 0 Å². The van der Waals surface area contributed by atoms with E-state index in [1.54, 1.807) is 12.1 Å². The summed E-state index contributed by atoms with van der Waals surface area (Å²) in [4.78, 5) is 11.1. The topological polar surface area (TPSA) is 52.9 Å². The third kappa shape index (κ3) is 0.785. The average molecular weight is 158 g/mol. The quantitative estimate of drug-likeness (QED) is 0.617. The number of carbonyl (C=O) groups excluding carboxylic acids is 1. The molecule has 1 aromatic rings. The van der Waals surface area contributed by atoms with Crippen molar-refractivity contribution in [2.24, 2.45) is 0 Å². The Morgan fingerprint density at radius 2 is 2.17 bits per heavy atom. The van der Waals surface area contributed by atoms with Crippen LogP contribution in [0.4, 0.5) is 5.69 Å². The van der Waals surface area contributed by atoms with E-state index in [0.717, 1.165) is 11.3 Å². The minimum Gasteiger partial charge on any atom is -0.324 e. The molecular formula is C9H6N2O.